The van der Waals surface area contributed by atoms with Crippen LogP contribution >= 0.6 is 12.4 Å². The van der Waals surface area contributed by atoms with Gasteiger partial charge in [-0.05, 0) is 62.8 Å². The predicted molar refractivity (Wildman–Crippen MR) is 180 cm³/mol. The van der Waals surface area contributed by atoms with Crippen molar-refractivity contribution in [3.05, 3.63) is 58.1 Å². The molecule has 15 N–H and O–H groups in total. The molecule has 0 bridgehead atoms. The van der Waals surface area contributed by atoms with Gasteiger partial charge in [0.05, 0.1) is 10.5 Å². The van der Waals surface area contributed by atoms with Crippen LogP contribution in [0.25, 0.3) is 0 Å². The molecule has 3 aromatic rings. The Morgan fingerprint density at radius 3 is 1.86 bits per heavy atom. The summed E-state index contributed by atoms with van der Waals surface area (Å²) in [5, 5.41) is 27.2. The van der Waals surface area contributed by atoms with Gasteiger partial charge in [-0.15, -0.1) is 12.4 Å². The first-order valence-corrected chi connectivity index (χ1v) is 12.9. The number of nitro groups is 1. The van der Waals surface area contributed by atoms with Gasteiger partial charge < -0.3 is 50.1 Å². The van der Waals surface area contributed by atoms with Gasteiger partial charge in [0, 0.05) is 49.3 Å². The maximum Gasteiger partial charge on any atom is 0.311 e. The van der Waals surface area contributed by atoms with Crippen LogP contribution in [0.4, 0.5) is 34.9 Å². The van der Waals surface area contributed by atoms with Crippen LogP contribution in [0.2, 0.25) is 0 Å². The summed E-state index contributed by atoms with van der Waals surface area (Å²) in [5.41, 5.74) is 0.364. The Hall–Kier alpha value is -4.35. The summed E-state index contributed by atoms with van der Waals surface area (Å²) in [7, 11) is 0. The minimum atomic E-state index is -0.734. The van der Waals surface area contributed by atoms with Crippen molar-refractivity contribution in [2.24, 2.45) is 0 Å². The second-order valence-electron chi connectivity index (χ2n) is 9.44. The molecule has 2 aromatic carbocycles. The standard InChI is InChI=1S/C26H30N8O4.ClH.4H3N.4H2/c35-22-20(11-8-12-21(22)34(37)38)23(36)27-18-9-7-10-19(17-18)28-24-29-25(32-13-3-1-4-14-32)31-26(30-24)33-15-5-2-6-16-33;;;;;;;;;/h7-12,17,35H,1-6,13-16H2,(H,27,36)(H,28,29,30,31);1H;4*1H3;4*1H. The lowest BCUT2D eigenvalue weighted by atomic mass is 10.1. The highest BCUT2D eigenvalue weighted by molar-refractivity contribution is 6.07. The lowest BCUT2D eigenvalue weighted by Gasteiger charge is -2.30. The summed E-state index contributed by atoms with van der Waals surface area (Å²) in [6, 6.07) is 10.8. The van der Waals surface area contributed by atoms with E-state index in [0.717, 1.165) is 57.9 Å². The normalized spacial score (nSPS) is 13.9. The molecule has 0 radical (unpaired) electrons. The lowest BCUT2D eigenvalue weighted by molar-refractivity contribution is -0.385. The first-order valence-electron chi connectivity index (χ1n) is 12.9. The van der Waals surface area contributed by atoms with Crippen molar-refractivity contribution in [3.8, 4) is 5.75 Å². The summed E-state index contributed by atoms with van der Waals surface area (Å²) in [4.78, 5) is 41.7. The van der Waals surface area contributed by atoms with E-state index in [1.165, 1.54) is 25.0 Å². The van der Waals surface area contributed by atoms with Crippen LogP contribution < -0.4 is 45.0 Å². The number of piperidine rings is 2. The van der Waals surface area contributed by atoms with Gasteiger partial charge in [0.1, 0.15) is 0 Å². The molecule has 0 aliphatic carbocycles. The maximum absolute atomic E-state index is 12.8. The molecule has 3 heterocycles. The number of phenolic OH excluding ortho intramolecular Hbond substituents is 1. The minimum absolute atomic E-state index is 0. The number of rotatable bonds is 7. The number of nitrogens with one attached hydrogen (secondary N) is 2. The van der Waals surface area contributed by atoms with Crippen LogP contribution in [0.15, 0.2) is 42.5 Å². The van der Waals surface area contributed by atoms with Gasteiger partial charge in [0.25, 0.3) is 5.91 Å². The fraction of sp³-hybridized carbons (Fsp3) is 0.385. The van der Waals surface area contributed by atoms with Gasteiger partial charge in [-0.2, -0.15) is 15.0 Å². The molecule has 2 fully saturated rings. The maximum atomic E-state index is 12.8. The minimum Gasteiger partial charge on any atom is -0.502 e. The SMILES string of the molecule is Cl.N.N.N.N.O=C(Nc1cccc(Nc2nc(N3CCCCC3)nc(N3CCCCC3)n2)c1)c1cccc([N+](=O)[O-])c1O.[HH].[HH].[HH].[HH]. The van der Waals surface area contributed by atoms with Crippen molar-refractivity contribution in [3.63, 3.8) is 0 Å². The second kappa shape index (κ2) is 17.6. The summed E-state index contributed by atoms with van der Waals surface area (Å²) in [5.74, 6) is 0.399. The zero-order chi connectivity index (χ0) is 26.5. The van der Waals surface area contributed by atoms with Gasteiger partial charge in [0.2, 0.25) is 23.6 Å². The van der Waals surface area contributed by atoms with Crippen LogP contribution in [0.3, 0.4) is 0 Å². The highest BCUT2D eigenvalue weighted by Crippen LogP contribution is 2.30. The summed E-state index contributed by atoms with van der Waals surface area (Å²) in [6.45, 7) is 3.65. The monoisotopic (exact) mass is 630 g/mol. The Balaban J connectivity index is -0.000000653. The fourth-order valence-corrected chi connectivity index (χ4v) is 4.74. The van der Waals surface area contributed by atoms with Crippen molar-refractivity contribution in [1.82, 2.24) is 39.6 Å². The average Bonchev–Trinajstić information content (AvgIpc) is 2.94. The number of aromatic nitrogens is 3. The van der Waals surface area contributed by atoms with Gasteiger partial charge in [-0.1, -0.05) is 12.1 Å². The molecule has 2 aliphatic heterocycles. The molecule has 0 atom stereocenters. The first-order chi connectivity index (χ1) is 18.5. The Kier molecular flexibility index (Phi) is 15.8. The zero-order valence-electron chi connectivity index (χ0n) is 24.2. The van der Waals surface area contributed by atoms with Crippen LogP contribution in [-0.2, 0) is 0 Å². The van der Waals surface area contributed by atoms with Gasteiger partial charge >= 0.3 is 5.69 Å². The van der Waals surface area contributed by atoms with Crippen LogP contribution in [0.5, 0.6) is 5.75 Å². The number of para-hydroxylation sites is 1. The Labute approximate surface area is 262 Å². The number of hydrogen-bond donors (Lipinski definition) is 7. The molecular weight excluding hydrogens is 580 g/mol. The van der Waals surface area contributed by atoms with E-state index >= 15 is 0 Å². The van der Waals surface area contributed by atoms with E-state index in [9.17, 15) is 20.0 Å². The molecule has 0 spiro atoms. The summed E-state index contributed by atoms with van der Waals surface area (Å²) in [6.07, 6.45) is 6.84. The third-order valence-electron chi connectivity index (χ3n) is 6.72. The number of aromatic hydroxyl groups is 1. The van der Waals surface area contributed by atoms with E-state index in [-0.39, 0.29) is 48.3 Å². The molecule has 17 heteroatoms. The lowest BCUT2D eigenvalue weighted by Crippen LogP contribution is -2.34. The predicted octanol–water partition coefficient (Wildman–Crippen LogP) is 6.52. The van der Waals surface area contributed by atoms with E-state index < -0.39 is 22.3 Å². The van der Waals surface area contributed by atoms with Crippen molar-refractivity contribution in [1.29, 1.82) is 0 Å². The second-order valence-corrected chi connectivity index (χ2v) is 9.44. The van der Waals surface area contributed by atoms with E-state index in [4.69, 9.17) is 15.0 Å². The van der Waals surface area contributed by atoms with Gasteiger partial charge in [0.15, 0.2) is 0 Å². The summed E-state index contributed by atoms with van der Waals surface area (Å²) < 4.78 is 0. The zero-order valence-corrected chi connectivity index (χ0v) is 25.0. The first kappa shape index (κ1) is 38.6. The van der Waals surface area contributed by atoms with Gasteiger partial charge in [-0.25, -0.2) is 0 Å². The molecule has 5 rings (SSSR count). The Morgan fingerprint density at radius 2 is 1.33 bits per heavy atom. The summed E-state index contributed by atoms with van der Waals surface area (Å²) >= 11 is 0. The highest BCUT2D eigenvalue weighted by Gasteiger charge is 2.22. The van der Waals surface area contributed by atoms with E-state index in [0.29, 0.717) is 29.2 Å². The van der Waals surface area contributed by atoms with Crippen LogP contribution in [0.1, 0.15) is 54.6 Å². The number of carbonyl (C=O) groups excluding carboxylic acids is 1. The van der Waals surface area contributed by atoms with Crippen molar-refractivity contribution < 1.29 is 20.5 Å². The third kappa shape index (κ3) is 9.32. The molecule has 0 saturated carbocycles. The largest absolute Gasteiger partial charge is 0.502 e. The smallest absolute Gasteiger partial charge is 0.311 e. The number of phenols is 1. The van der Waals surface area contributed by atoms with E-state index in [2.05, 4.69) is 20.4 Å². The average molecular weight is 631 g/mol. The Bertz CT molecular complexity index is 1320. The number of anilines is 5. The Morgan fingerprint density at radius 1 is 0.814 bits per heavy atom. The number of carbonyl (C=O) groups is 1. The number of hydrogen-bond acceptors (Lipinski definition) is 14. The number of benzene rings is 2. The molecule has 2 saturated heterocycles. The van der Waals surface area contributed by atoms with E-state index in [1.807, 2.05) is 6.07 Å². The molecule has 2 aliphatic rings. The molecular formula is C26H51ClN12O4. The van der Waals surface area contributed by atoms with Crippen molar-refractivity contribution in [2.45, 2.75) is 38.5 Å². The number of nitro benzene ring substituents is 1. The molecule has 1 amide bonds. The molecule has 16 nitrogen and oxygen atoms in total. The molecule has 43 heavy (non-hydrogen) atoms. The topological polar surface area (TPSA) is 290 Å². The number of nitrogens with zero attached hydrogens (tertiary/aromatic N) is 6. The molecule has 0 unspecified atom stereocenters. The number of halogens is 1. The third-order valence-corrected chi connectivity index (χ3v) is 6.72. The quantitative estimate of drug-likeness (QED) is 0.108. The molecule has 1 aromatic heterocycles. The van der Waals surface area contributed by atoms with Crippen molar-refractivity contribution >= 4 is 53.2 Å². The van der Waals surface area contributed by atoms with Gasteiger partial charge in [-0.3, -0.25) is 14.9 Å². The highest BCUT2D eigenvalue weighted by atomic mass is 35.5. The molecule has 246 valence electrons. The van der Waals surface area contributed by atoms with E-state index in [1.54, 1.807) is 18.2 Å². The fourth-order valence-electron chi connectivity index (χ4n) is 4.74. The number of amides is 1. The van der Waals surface area contributed by atoms with Crippen molar-refractivity contribution in [2.75, 3.05) is 46.6 Å². The van der Waals surface area contributed by atoms with Crippen LogP contribution in [-0.4, -0.2) is 57.1 Å². The van der Waals surface area contributed by atoms with Crippen LogP contribution in [0, 0.1) is 10.1 Å².